The van der Waals surface area contributed by atoms with Crippen LogP contribution in [0.2, 0.25) is 0 Å². The molecule has 2 aliphatic rings. The van der Waals surface area contributed by atoms with Gasteiger partial charge in [0.2, 0.25) is 11.8 Å². The molecule has 1 aromatic carbocycles. The number of hydrogen-bond donors (Lipinski definition) is 6. The Bertz CT molecular complexity index is 987. The molecule has 3 amide bonds. The average Bonchev–Trinajstić information content (AvgIpc) is 3.50. The molecule has 14 heteroatoms. The highest BCUT2D eigenvalue weighted by Gasteiger charge is 2.41. The highest BCUT2D eigenvalue weighted by atomic mass is 16.6. The first-order chi connectivity index (χ1) is 17.2. The highest BCUT2D eigenvalue weighted by Crippen LogP contribution is 2.22. The highest BCUT2D eigenvalue weighted by molar-refractivity contribution is 5.94. The molecule has 1 radical (unpaired) electrons. The normalized spacial score (nSPS) is 22.0. The van der Waals surface area contributed by atoms with E-state index in [0.717, 1.165) is 0 Å². The number of hydrogen-bond acceptors (Lipinski definition) is 8. The molecule has 0 aromatic heterocycles. The lowest BCUT2D eigenvalue weighted by atomic mass is 10.1. The standard InChI is InChI=1S/C22H31N8O6/c23-22(24)26-10-1-3-15(19(32)27-13-5-7-14(8-6-13)30(35)36)28-20(33)16-4-2-12-29(16)21(34)18-17(31)9-11-25-18/h5-8,15-18,25,31H,1-4,9-12H2,(H,28,33)(H4,23,24,26)/t15-,16-,17?,18-/m0/s1. The van der Waals surface area contributed by atoms with E-state index >= 15 is 0 Å². The first-order valence-corrected chi connectivity index (χ1v) is 11.8. The first kappa shape index (κ1) is 26.8. The number of likely N-dealkylation sites (tertiary alicyclic amines) is 1. The number of carbonyl (C=O) groups is 3. The summed E-state index contributed by atoms with van der Waals surface area (Å²) in [4.78, 5) is 50.8. The molecule has 4 atom stereocenters. The zero-order valence-electron chi connectivity index (χ0n) is 19.7. The van der Waals surface area contributed by atoms with E-state index in [1.807, 2.05) is 0 Å². The van der Waals surface area contributed by atoms with Crippen LogP contribution in [0.3, 0.4) is 0 Å². The number of aliphatic hydroxyl groups is 1. The second-order valence-electron chi connectivity index (χ2n) is 8.74. The van der Waals surface area contributed by atoms with E-state index in [1.165, 1.54) is 29.2 Å². The summed E-state index contributed by atoms with van der Waals surface area (Å²) in [5, 5.41) is 40.5. The fourth-order valence-corrected chi connectivity index (χ4v) is 4.33. The summed E-state index contributed by atoms with van der Waals surface area (Å²) in [7, 11) is 0. The van der Waals surface area contributed by atoms with Gasteiger partial charge < -0.3 is 31.7 Å². The SMILES string of the molecule is N=C(N)NCCC[C@H](NC(=O)[C@@H]1CCCN1C(=O)[C@H]1NCCC1O)C(=O)[N]c1ccc([N+](=O)[O-])cc1. The molecule has 7 N–H and O–H groups in total. The number of rotatable bonds is 10. The van der Waals surface area contributed by atoms with Crippen LogP contribution in [0.1, 0.15) is 32.1 Å². The van der Waals surface area contributed by atoms with Crippen LogP contribution in [0.25, 0.3) is 0 Å². The Kier molecular flexibility index (Phi) is 9.13. The fourth-order valence-electron chi connectivity index (χ4n) is 4.33. The lowest BCUT2D eigenvalue weighted by molar-refractivity contribution is -0.384. The van der Waals surface area contributed by atoms with Crippen LogP contribution in [0.5, 0.6) is 0 Å². The molecule has 2 heterocycles. The number of guanidine groups is 1. The summed E-state index contributed by atoms with van der Waals surface area (Å²) < 4.78 is 0. The van der Waals surface area contributed by atoms with Crippen molar-refractivity contribution in [2.45, 2.75) is 56.3 Å². The summed E-state index contributed by atoms with van der Waals surface area (Å²) in [5.41, 5.74) is 5.34. The number of aliphatic hydroxyl groups excluding tert-OH is 1. The number of nitrogens with two attached hydrogens (primary N) is 1. The van der Waals surface area contributed by atoms with E-state index < -0.39 is 41.0 Å². The van der Waals surface area contributed by atoms with Gasteiger partial charge in [-0.3, -0.25) is 29.9 Å². The quantitative estimate of drug-likeness (QED) is 0.0743. The topological polar surface area (TPSA) is 218 Å². The molecule has 3 rings (SSSR count). The van der Waals surface area contributed by atoms with E-state index in [9.17, 15) is 29.6 Å². The molecule has 195 valence electrons. The van der Waals surface area contributed by atoms with Crippen LogP contribution >= 0.6 is 0 Å². The Morgan fingerprint density at radius 1 is 1.31 bits per heavy atom. The molecular weight excluding hydrogens is 472 g/mol. The van der Waals surface area contributed by atoms with E-state index in [0.29, 0.717) is 45.3 Å². The molecule has 2 fully saturated rings. The molecule has 0 saturated carbocycles. The zero-order valence-corrected chi connectivity index (χ0v) is 19.7. The third-order valence-electron chi connectivity index (χ3n) is 6.19. The molecular formula is C22H31N8O6. The Morgan fingerprint density at radius 2 is 2.03 bits per heavy atom. The molecule has 2 saturated heterocycles. The second kappa shape index (κ2) is 12.3. The fraction of sp³-hybridized carbons (Fsp3) is 0.545. The van der Waals surface area contributed by atoms with Gasteiger partial charge in [0.15, 0.2) is 5.96 Å². The predicted molar refractivity (Wildman–Crippen MR) is 128 cm³/mol. The van der Waals surface area contributed by atoms with Crippen molar-refractivity contribution >= 4 is 35.1 Å². The van der Waals surface area contributed by atoms with E-state index in [2.05, 4.69) is 21.3 Å². The molecule has 1 unspecified atom stereocenters. The molecule has 0 bridgehead atoms. The van der Waals surface area contributed by atoms with Crippen LogP contribution in [0.15, 0.2) is 24.3 Å². The summed E-state index contributed by atoms with van der Waals surface area (Å²) in [6.07, 6.45) is 1.25. The number of carbonyl (C=O) groups excluding carboxylic acids is 3. The summed E-state index contributed by atoms with van der Waals surface area (Å²) >= 11 is 0. The molecule has 0 aliphatic carbocycles. The Hall–Kier alpha value is -3.78. The summed E-state index contributed by atoms with van der Waals surface area (Å²) in [6, 6.07) is 2.57. The number of benzene rings is 1. The van der Waals surface area contributed by atoms with Crippen molar-refractivity contribution in [3.63, 3.8) is 0 Å². The van der Waals surface area contributed by atoms with E-state index in [-0.39, 0.29) is 29.7 Å². The monoisotopic (exact) mass is 503 g/mol. The minimum absolute atomic E-state index is 0.144. The van der Waals surface area contributed by atoms with Gasteiger partial charge in [-0.15, -0.1) is 0 Å². The van der Waals surface area contributed by atoms with Crippen molar-refractivity contribution in [2.24, 2.45) is 5.73 Å². The predicted octanol–water partition coefficient (Wildman–Crippen LogP) is -1.18. The van der Waals surface area contributed by atoms with E-state index in [1.54, 1.807) is 0 Å². The first-order valence-electron chi connectivity index (χ1n) is 11.8. The minimum atomic E-state index is -1.02. The van der Waals surface area contributed by atoms with Crippen LogP contribution in [-0.4, -0.2) is 82.5 Å². The van der Waals surface area contributed by atoms with Gasteiger partial charge in [0.05, 0.1) is 16.7 Å². The van der Waals surface area contributed by atoms with Crippen molar-refractivity contribution in [3.8, 4) is 0 Å². The smallest absolute Gasteiger partial charge is 0.269 e. The van der Waals surface area contributed by atoms with Crippen LogP contribution < -0.4 is 27.0 Å². The minimum Gasteiger partial charge on any atom is -0.391 e. The second-order valence-corrected chi connectivity index (χ2v) is 8.74. The van der Waals surface area contributed by atoms with Crippen molar-refractivity contribution in [3.05, 3.63) is 34.4 Å². The zero-order chi connectivity index (χ0) is 26.2. The number of non-ortho nitro benzene ring substituents is 1. The van der Waals surface area contributed by atoms with Crippen LogP contribution in [0.4, 0.5) is 11.4 Å². The van der Waals surface area contributed by atoms with Crippen LogP contribution in [0, 0.1) is 15.5 Å². The van der Waals surface area contributed by atoms with Gasteiger partial charge >= 0.3 is 0 Å². The van der Waals surface area contributed by atoms with E-state index in [4.69, 9.17) is 11.1 Å². The summed E-state index contributed by atoms with van der Waals surface area (Å²) in [6.45, 7) is 1.18. The van der Waals surface area contributed by atoms with Gasteiger partial charge in [-0.05, 0) is 50.8 Å². The maximum absolute atomic E-state index is 13.2. The van der Waals surface area contributed by atoms with Gasteiger partial charge in [-0.25, -0.2) is 5.32 Å². The lowest BCUT2D eigenvalue weighted by Crippen LogP contribution is -2.55. The van der Waals surface area contributed by atoms with Crippen molar-refractivity contribution in [1.29, 1.82) is 5.41 Å². The number of nitro groups is 1. The number of nitro benzene ring substituents is 1. The number of nitrogens with one attached hydrogen (secondary N) is 4. The van der Waals surface area contributed by atoms with Crippen LogP contribution in [-0.2, 0) is 14.4 Å². The van der Waals surface area contributed by atoms with Crippen molar-refractivity contribution in [1.82, 2.24) is 26.2 Å². The lowest BCUT2D eigenvalue weighted by Gasteiger charge is -2.29. The average molecular weight is 504 g/mol. The maximum Gasteiger partial charge on any atom is 0.269 e. The molecule has 2 aliphatic heterocycles. The third kappa shape index (κ3) is 6.88. The van der Waals surface area contributed by atoms with Gasteiger partial charge in [0.25, 0.3) is 11.6 Å². The molecule has 1 aromatic rings. The van der Waals surface area contributed by atoms with Crippen molar-refractivity contribution < 1.29 is 24.4 Å². The van der Waals surface area contributed by atoms with Gasteiger partial charge in [0, 0.05) is 25.2 Å². The van der Waals surface area contributed by atoms with Crippen molar-refractivity contribution in [2.75, 3.05) is 19.6 Å². The molecule has 14 nitrogen and oxygen atoms in total. The Labute approximate surface area is 207 Å². The van der Waals surface area contributed by atoms with Gasteiger partial charge in [-0.2, -0.15) is 0 Å². The Morgan fingerprint density at radius 3 is 2.64 bits per heavy atom. The molecule has 0 spiro atoms. The number of amides is 3. The van der Waals surface area contributed by atoms with Gasteiger partial charge in [0.1, 0.15) is 18.1 Å². The third-order valence-corrected chi connectivity index (χ3v) is 6.19. The van der Waals surface area contributed by atoms with Gasteiger partial charge in [-0.1, -0.05) is 0 Å². The Balaban J connectivity index is 1.67. The maximum atomic E-state index is 13.2. The summed E-state index contributed by atoms with van der Waals surface area (Å²) in [5.74, 6) is -1.71. The largest absolute Gasteiger partial charge is 0.391 e. The number of nitrogens with zero attached hydrogens (tertiary/aromatic N) is 3. The molecule has 36 heavy (non-hydrogen) atoms.